The number of carbonyl (C=O) groups excluding carboxylic acids is 1. The summed E-state index contributed by atoms with van der Waals surface area (Å²) in [4.78, 5) is 29.8. The van der Waals surface area contributed by atoms with E-state index in [0.717, 1.165) is 37.2 Å². The Kier molecular flexibility index (Phi) is 4.80. The van der Waals surface area contributed by atoms with Gasteiger partial charge in [0.1, 0.15) is 0 Å². The Labute approximate surface area is 134 Å². The molecule has 3 rings (SSSR count). The summed E-state index contributed by atoms with van der Waals surface area (Å²) in [6.07, 6.45) is 6.68. The van der Waals surface area contributed by atoms with Crippen LogP contribution in [0.1, 0.15) is 25.7 Å². The second-order valence-corrected chi connectivity index (χ2v) is 5.71. The zero-order valence-corrected chi connectivity index (χ0v) is 13.0. The molecule has 6 nitrogen and oxygen atoms in total. The minimum absolute atomic E-state index is 0.142. The molecule has 0 atom stereocenters. The third-order valence-corrected chi connectivity index (χ3v) is 4.06. The van der Waals surface area contributed by atoms with Gasteiger partial charge in [-0.15, -0.1) is 0 Å². The van der Waals surface area contributed by atoms with E-state index in [1.807, 2.05) is 17.0 Å². The van der Waals surface area contributed by atoms with Crippen molar-refractivity contribution in [3.63, 3.8) is 0 Å². The molecule has 1 aliphatic rings. The molecule has 1 fully saturated rings. The number of rotatable bonds is 5. The Bertz CT molecular complexity index is 721. The van der Waals surface area contributed by atoms with Crippen LogP contribution in [0.15, 0.2) is 41.5 Å². The van der Waals surface area contributed by atoms with Gasteiger partial charge in [-0.05, 0) is 37.5 Å². The lowest BCUT2D eigenvalue weighted by molar-refractivity contribution is -0.130. The molecule has 0 aromatic carbocycles. The molecule has 3 heterocycles. The summed E-state index contributed by atoms with van der Waals surface area (Å²) in [6.45, 7) is 2.19. The van der Waals surface area contributed by atoms with Crippen molar-refractivity contribution < 1.29 is 4.79 Å². The van der Waals surface area contributed by atoms with E-state index in [9.17, 15) is 9.59 Å². The lowest BCUT2D eigenvalue weighted by atomic mass is 10.2. The molecule has 0 bridgehead atoms. The maximum atomic E-state index is 12.0. The number of aromatic nitrogens is 3. The summed E-state index contributed by atoms with van der Waals surface area (Å²) in [5, 5.41) is 4.39. The highest BCUT2D eigenvalue weighted by atomic mass is 16.2. The molecule has 0 unspecified atom stereocenters. The molecular formula is C17H20N4O2. The molecule has 1 amide bonds. The molecule has 1 saturated heterocycles. The van der Waals surface area contributed by atoms with Gasteiger partial charge in [0.25, 0.3) is 5.56 Å². The van der Waals surface area contributed by atoms with Gasteiger partial charge in [0.15, 0.2) is 0 Å². The van der Waals surface area contributed by atoms with Gasteiger partial charge in [0.05, 0.1) is 5.69 Å². The molecule has 0 saturated carbocycles. The molecule has 0 aliphatic carbocycles. The van der Waals surface area contributed by atoms with E-state index < -0.39 is 0 Å². The van der Waals surface area contributed by atoms with E-state index >= 15 is 0 Å². The summed E-state index contributed by atoms with van der Waals surface area (Å²) in [5.74, 6) is 0.181. The summed E-state index contributed by atoms with van der Waals surface area (Å²) >= 11 is 0. The summed E-state index contributed by atoms with van der Waals surface area (Å²) < 4.78 is 1.44. The number of nitrogens with zero attached hydrogens (tertiary/aromatic N) is 4. The van der Waals surface area contributed by atoms with Crippen LogP contribution in [0.5, 0.6) is 0 Å². The van der Waals surface area contributed by atoms with Crippen molar-refractivity contribution in [2.45, 2.75) is 32.2 Å². The third kappa shape index (κ3) is 3.83. The van der Waals surface area contributed by atoms with E-state index in [4.69, 9.17) is 0 Å². The van der Waals surface area contributed by atoms with Gasteiger partial charge in [-0.2, -0.15) is 5.10 Å². The predicted octanol–water partition coefficient (Wildman–Crippen LogP) is 1.71. The highest BCUT2D eigenvalue weighted by Gasteiger charge is 2.17. The van der Waals surface area contributed by atoms with Gasteiger partial charge in [-0.1, -0.05) is 0 Å². The molecule has 6 heteroatoms. The minimum atomic E-state index is -0.142. The topological polar surface area (TPSA) is 68.1 Å². The van der Waals surface area contributed by atoms with Crippen molar-refractivity contribution in [2.24, 2.45) is 0 Å². The molecule has 23 heavy (non-hydrogen) atoms. The quantitative estimate of drug-likeness (QED) is 0.843. The number of pyridine rings is 1. The average Bonchev–Trinajstić information content (AvgIpc) is 3.12. The van der Waals surface area contributed by atoms with E-state index in [2.05, 4.69) is 10.1 Å². The Morgan fingerprint density at radius 1 is 1.09 bits per heavy atom. The van der Waals surface area contributed by atoms with Crippen LogP contribution in [0.3, 0.4) is 0 Å². The Hall–Kier alpha value is -2.50. The molecule has 120 valence electrons. The normalized spacial score (nSPS) is 14.2. The van der Waals surface area contributed by atoms with Gasteiger partial charge in [0.2, 0.25) is 5.91 Å². The Balaban J connectivity index is 1.63. The first-order valence-corrected chi connectivity index (χ1v) is 8.00. The smallest absolute Gasteiger partial charge is 0.266 e. The van der Waals surface area contributed by atoms with Crippen LogP contribution < -0.4 is 5.56 Å². The number of hydrogen-bond donors (Lipinski definition) is 0. The van der Waals surface area contributed by atoms with Crippen LogP contribution in [0, 0.1) is 0 Å². The van der Waals surface area contributed by atoms with Crippen LogP contribution >= 0.6 is 0 Å². The number of amides is 1. The SMILES string of the molecule is O=C(CCCn1nc(-c2ccncc2)ccc1=O)N1CCCC1. The Morgan fingerprint density at radius 3 is 2.57 bits per heavy atom. The van der Waals surface area contributed by atoms with Crippen LogP contribution in [0.25, 0.3) is 11.3 Å². The van der Waals surface area contributed by atoms with E-state index in [1.54, 1.807) is 18.5 Å². The van der Waals surface area contributed by atoms with Crippen LogP contribution in [-0.2, 0) is 11.3 Å². The first-order valence-electron chi connectivity index (χ1n) is 8.00. The van der Waals surface area contributed by atoms with Crippen LogP contribution in [-0.4, -0.2) is 38.7 Å². The molecule has 1 aliphatic heterocycles. The highest BCUT2D eigenvalue weighted by Crippen LogP contribution is 2.13. The van der Waals surface area contributed by atoms with Crippen molar-refractivity contribution in [3.8, 4) is 11.3 Å². The fraction of sp³-hybridized carbons (Fsp3) is 0.412. The third-order valence-electron chi connectivity index (χ3n) is 4.06. The lowest BCUT2D eigenvalue weighted by Crippen LogP contribution is -2.28. The number of carbonyl (C=O) groups is 1. The summed E-state index contributed by atoms with van der Waals surface area (Å²) in [5.41, 5.74) is 1.51. The second-order valence-electron chi connectivity index (χ2n) is 5.71. The van der Waals surface area contributed by atoms with Gasteiger partial charge >= 0.3 is 0 Å². The first-order chi connectivity index (χ1) is 11.2. The van der Waals surface area contributed by atoms with Crippen molar-refractivity contribution in [1.29, 1.82) is 0 Å². The molecule has 0 N–H and O–H groups in total. The van der Waals surface area contributed by atoms with Crippen LogP contribution in [0.2, 0.25) is 0 Å². The van der Waals surface area contributed by atoms with Crippen molar-refractivity contribution in [2.75, 3.05) is 13.1 Å². The fourth-order valence-electron chi connectivity index (χ4n) is 2.79. The second kappa shape index (κ2) is 7.17. The summed E-state index contributed by atoms with van der Waals surface area (Å²) in [6, 6.07) is 6.94. The van der Waals surface area contributed by atoms with Crippen molar-refractivity contribution >= 4 is 5.91 Å². The fourth-order valence-corrected chi connectivity index (χ4v) is 2.79. The maximum absolute atomic E-state index is 12.0. The molecular weight excluding hydrogens is 292 g/mol. The van der Waals surface area contributed by atoms with Crippen LogP contribution in [0.4, 0.5) is 0 Å². The highest BCUT2D eigenvalue weighted by molar-refractivity contribution is 5.76. The van der Waals surface area contributed by atoms with Crippen molar-refractivity contribution in [1.82, 2.24) is 19.7 Å². The van der Waals surface area contributed by atoms with E-state index in [-0.39, 0.29) is 11.5 Å². The average molecular weight is 312 g/mol. The number of likely N-dealkylation sites (tertiary alicyclic amines) is 1. The van der Waals surface area contributed by atoms with Gasteiger partial charge < -0.3 is 4.90 Å². The lowest BCUT2D eigenvalue weighted by Gasteiger charge is -2.15. The molecule has 2 aromatic heterocycles. The number of aryl methyl sites for hydroxylation is 1. The Morgan fingerprint density at radius 2 is 1.83 bits per heavy atom. The molecule has 2 aromatic rings. The minimum Gasteiger partial charge on any atom is -0.343 e. The van der Waals surface area contributed by atoms with E-state index in [1.165, 1.54) is 10.7 Å². The van der Waals surface area contributed by atoms with Crippen molar-refractivity contribution in [3.05, 3.63) is 47.0 Å². The first kappa shape index (κ1) is 15.4. The molecule has 0 radical (unpaired) electrons. The standard InChI is InChI=1S/C17H20N4O2/c22-16(20-11-1-2-12-20)4-3-13-21-17(23)6-5-15(19-21)14-7-9-18-10-8-14/h5-10H,1-4,11-13H2. The summed E-state index contributed by atoms with van der Waals surface area (Å²) in [7, 11) is 0. The predicted molar refractivity (Wildman–Crippen MR) is 86.8 cm³/mol. The zero-order valence-electron chi connectivity index (χ0n) is 13.0. The zero-order chi connectivity index (χ0) is 16.1. The molecule has 0 spiro atoms. The monoisotopic (exact) mass is 312 g/mol. The van der Waals surface area contributed by atoms with E-state index in [0.29, 0.717) is 19.4 Å². The van der Waals surface area contributed by atoms with Gasteiger partial charge in [0, 0.05) is 50.1 Å². The van der Waals surface area contributed by atoms with Gasteiger partial charge in [-0.3, -0.25) is 14.6 Å². The largest absolute Gasteiger partial charge is 0.343 e. The number of hydrogen-bond acceptors (Lipinski definition) is 4. The maximum Gasteiger partial charge on any atom is 0.266 e. The van der Waals surface area contributed by atoms with Gasteiger partial charge in [-0.25, -0.2) is 4.68 Å².